The molecule has 0 radical (unpaired) electrons. The Morgan fingerprint density at radius 2 is 1.83 bits per heavy atom. The summed E-state index contributed by atoms with van der Waals surface area (Å²) in [5.74, 6) is 0.0720. The van der Waals surface area contributed by atoms with Gasteiger partial charge in [-0.1, -0.05) is 13.8 Å². The minimum absolute atomic E-state index is 0.0119. The molecule has 0 aliphatic carbocycles. The molecule has 0 unspecified atom stereocenters. The molecule has 1 heterocycles. The van der Waals surface area contributed by atoms with Gasteiger partial charge in [0.15, 0.2) is 0 Å². The number of hydrogen-bond acceptors (Lipinski definition) is 3. The first-order valence-corrected chi connectivity index (χ1v) is 6.53. The molecule has 1 fully saturated rings. The second-order valence-electron chi connectivity index (χ2n) is 4.93. The van der Waals surface area contributed by atoms with Gasteiger partial charge in [0.05, 0.1) is 0 Å². The van der Waals surface area contributed by atoms with E-state index in [2.05, 4.69) is 27.7 Å². The van der Waals surface area contributed by atoms with Crippen LogP contribution in [0.5, 0.6) is 0 Å². The van der Waals surface area contributed by atoms with Gasteiger partial charge in [0.25, 0.3) is 0 Å². The highest BCUT2D eigenvalue weighted by molar-refractivity contribution is 5.92. The minimum Gasteiger partial charge on any atom is -0.369 e. The second-order valence-corrected chi connectivity index (χ2v) is 4.93. The molecule has 98 valence electrons. The molecule has 1 aromatic carbocycles. The predicted molar refractivity (Wildman–Crippen MR) is 75.0 cm³/mol. The number of piperazine rings is 1. The normalized spacial score (nSPS) is 15.8. The smallest absolute Gasteiger partial charge is 0.226 e. The van der Waals surface area contributed by atoms with Gasteiger partial charge in [0, 0.05) is 43.5 Å². The molecule has 0 atom stereocenters. The summed E-state index contributed by atoms with van der Waals surface area (Å²) < 4.78 is 0. The molecule has 4 heteroatoms. The van der Waals surface area contributed by atoms with Crippen LogP contribution in [0, 0.1) is 5.92 Å². The number of carbonyl (C=O) groups excluding carboxylic acids is 1. The van der Waals surface area contributed by atoms with Gasteiger partial charge < -0.3 is 15.5 Å². The first-order valence-electron chi connectivity index (χ1n) is 6.53. The van der Waals surface area contributed by atoms with E-state index in [9.17, 15) is 4.79 Å². The molecule has 0 aromatic heterocycles. The molecule has 1 aliphatic heterocycles. The van der Waals surface area contributed by atoms with E-state index >= 15 is 0 Å². The van der Waals surface area contributed by atoms with Crippen molar-refractivity contribution >= 4 is 17.3 Å². The average Bonchev–Trinajstić information content (AvgIpc) is 2.40. The van der Waals surface area contributed by atoms with Crippen molar-refractivity contribution in [2.24, 2.45) is 5.92 Å². The average molecular weight is 247 g/mol. The fourth-order valence-electron chi connectivity index (χ4n) is 1.97. The number of benzene rings is 1. The lowest BCUT2D eigenvalue weighted by Gasteiger charge is -2.29. The van der Waals surface area contributed by atoms with E-state index in [1.54, 1.807) is 0 Å². The van der Waals surface area contributed by atoms with E-state index in [4.69, 9.17) is 0 Å². The van der Waals surface area contributed by atoms with Crippen LogP contribution >= 0.6 is 0 Å². The Morgan fingerprint density at radius 3 is 2.39 bits per heavy atom. The fraction of sp³-hybridized carbons (Fsp3) is 0.500. The summed E-state index contributed by atoms with van der Waals surface area (Å²) in [4.78, 5) is 13.9. The van der Waals surface area contributed by atoms with Crippen molar-refractivity contribution in [3.05, 3.63) is 24.3 Å². The maximum absolute atomic E-state index is 11.6. The zero-order valence-corrected chi connectivity index (χ0v) is 11.1. The van der Waals surface area contributed by atoms with Crippen molar-refractivity contribution in [1.82, 2.24) is 5.32 Å². The Bertz CT molecular complexity index is 394. The molecule has 0 saturated carbocycles. The van der Waals surface area contributed by atoms with Crippen LogP contribution in [0.4, 0.5) is 11.4 Å². The van der Waals surface area contributed by atoms with Gasteiger partial charge in [-0.2, -0.15) is 0 Å². The lowest BCUT2D eigenvalue weighted by molar-refractivity contribution is -0.118. The quantitative estimate of drug-likeness (QED) is 0.854. The summed E-state index contributed by atoms with van der Waals surface area (Å²) in [5.41, 5.74) is 2.09. The van der Waals surface area contributed by atoms with Crippen LogP contribution < -0.4 is 15.5 Å². The van der Waals surface area contributed by atoms with Gasteiger partial charge in [-0.05, 0) is 24.3 Å². The van der Waals surface area contributed by atoms with Crippen LogP contribution in [-0.4, -0.2) is 32.1 Å². The summed E-state index contributed by atoms with van der Waals surface area (Å²) >= 11 is 0. The van der Waals surface area contributed by atoms with Crippen LogP contribution in [0.25, 0.3) is 0 Å². The zero-order valence-electron chi connectivity index (χ0n) is 11.1. The Balaban J connectivity index is 1.98. The highest BCUT2D eigenvalue weighted by Gasteiger charge is 2.11. The predicted octanol–water partition coefficient (Wildman–Crippen LogP) is 1.69. The first kappa shape index (κ1) is 12.9. The number of anilines is 2. The molecule has 2 rings (SSSR count). The third-order valence-electron chi connectivity index (χ3n) is 3.14. The van der Waals surface area contributed by atoms with Gasteiger partial charge in [-0.15, -0.1) is 0 Å². The molecule has 18 heavy (non-hydrogen) atoms. The van der Waals surface area contributed by atoms with E-state index in [1.807, 2.05) is 26.0 Å². The van der Waals surface area contributed by atoms with Crippen molar-refractivity contribution in [3.63, 3.8) is 0 Å². The van der Waals surface area contributed by atoms with Crippen LogP contribution in [0.15, 0.2) is 24.3 Å². The van der Waals surface area contributed by atoms with E-state index < -0.39 is 0 Å². The monoisotopic (exact) mass is 247 g/mol. The molecule has 0 spiro atoms. The molecule has 4 nitrogen and oxygen atoms in total. The summed E-state index contributed by atoms with van der Waals surface area (Å²) in [6, 6.07) is 8.08. The van der Waals surface area contributed by atoms with Crippen LogP contribution in [-0.2, 0) is 4.79 Å². The Hall–Kier alpha value is -1.55. The molecule has 0 bridgehead atoms. The number of hydrogen-bond donors (Lipinski definition) is 2. The first-order chi connectivity index (χ1) is 8.66. The number of amides is 1. The largest absolute Gasteiger partial charge is 0.369 e. The number of nitrogens with one attached hydrogen (secondary N) is 2. The maximum Gasteiger partial charge on any atom is 0.226 e. The van der Waals surface area contributed by atoms with Gasteiger partial charge >= 0.3 is 0 Å². The third kappa shape index (κ3) is 3.23. The standard InChI is InChI=1S/C14H21N3O/c1-11(2)14(18)16-12-3-5-13(6-4-12)17-9-7-15-8-10-17/h3-6,11,15H,7-10H2,1-2H3,(H,16,18). The molecule has 2 N–H and O–H groups in total. The zero-order chi connectivity index (χ0) is 13.0. The summed E-state index contributed by atoms with van der Waals surface area (Å²) in [7, 11) is 0. The number of carbonyl (C=O) groups is 1. The molecular formula is C14H21N3O. The fourth-order valence-corrected chi connectivity index (χ4v) is 1.97. The minimum atomic E-state index is 0.0119. The third-order valence-corrected chi connectivity index (χ3v) is 3.14. The second kappa shape index (κ2) is 5.87. The summed E-state index contributed by atoms with van der Waals surface area (Å²) in [5, 5.41) is 6.24. The van der Waals surface area contributed by atoms with E-state index in [0.717, 1.165) is 31.9 Å². The Labute approximate surface area is 108 Å². The summed E-state index contributed by atoms with van der Waals surface area (Å²) in [6.45, 7) is 7.93. The Kier molecular flexibility index (Phi) is 4.20. The van der Waals surface area contributed by atoms with Gasteiger partial charge in [0.1, 0.15) is 0 Å². The van der Waals surface area contributed by atoms with E-state index in [1.165, 1.54) is 5.69 Å². The van der Waals surface area contributed by atoms with Crippen molar-refractivity contribution in [2.75, 3.05) is 36.4 Å². The SMILES string of the molecule is CC(C)C(=O)Nc1ccc(N2CCNCC2)cc1. The van der Waals surface area contributed by atoms with Crippen LogP contribution in [0.2, 0.25) is 0 Å². The van der Waals surface area contributed by atoms with Crippen LogP contribution in [0.3, 0.4) is 0 Å². The molecule has 1 saturated heterocycles. The van der Waals surface area contributed by atoms with Crippen molar-refractivity contribution in [2.45, 2.75) is 13.8 Å². The van der Waals surface area contributed by atoms with Gasteiger partial charge in [0.2, 0.25) is 5.91 Å². The van der Waals surface area contributed by atoms with Crippen molar-refractivity contribution < 1.29 is 4.79 Å². The van der Waals surface area contributed by atoms with E-state index in [-0.39, 0.29) is 11.8 Å². The highest BCUT2D eigenvalue weighted by Crippen LogP contribution is 2.18. The van der Waals surface area contributed by atoms with Crippen molar-refractivity contribution in [1.29, 1.82) is 0 Å². The molecule has 1 aromatic rings. The molecule has 1 aliphatic rings. The highest BCUT2D eigenvalue weighted by atomic mass is 16.1. The van der Waals surface area contributed by atoms with Crippen LogP contribution in [0.1, 0.15) is 13.8 Å². The van der Waals surface area contributed by atoms with Crippen molar-refractivity contribution in [3.8, 4) is 0 Å². The topological polar surface area (TPSA) is 44.4 Å². The van der Waals surface area contributed by atoms with E-state index in [0.29, 0.717) is 0 Å². The molecular weight excluding hydrogens is 226 g/mol. The lowest BCUT2D eigenvalue weighted by Crippen LogP contribution is -2.43. The van der Waals surface area contributed by atoms with Gasteiger partial charge in [-0.3, -0.25) is 4.79 Å². The number of nitrogens with zero attached hydrogens (tertiary/aromatic N) is 1. The Morgan fingerprint density at radius 1 is 1.22 bits per heavy atom. The lowest BCUT2D eigenvalue weighted by atomic mass is 10.2. The summed E-state index contributed by atoms with van der Waals surface area (Å²) in [6.07, 6.45) is 0. The number of rotatable bonds is 3. The molecule has 1 amide bonds. The van der Waals surface area contributed by atoms with Gasteiger partial charge in [-0.25, -0.2) is 0 Å². The maximum atomic E-state index is 11.6.